The number of phenols is 2. The number of phenolic OH excluding ortho intramolecular Hbond substituents is 2. The highest BCUT2D eigenvalue weighted by Crippen LogP contribution is 2.21. The average molecular weight is 232 g/mol. The van der Waals surface area contributed by atoms with Gasteiger partial charge in [0.15, 0.2) is 0 Å². The fourth-order valence-electron chi connectivity index (χ4n) is 1.57. The fraction of sp³-hybridized carbons (Fsp3) is 0.333. The molecule has 0 atom stereocenters. The monoisotopic (exact) mass is 232 g/mol. The van der Waals surface area contributed by atoms with E-state index in [0.29, 0.717) is 0 Å². The van der Waals surface area contributed by atoms with Crippen LogP contribution in [0.4, 0.5) is 0 Å². The van der Waals surface area contributed by atoms with Gasteiger partial charge in [-0.15, -0.1) is 0 Å². The number of unbranched alkanes of at least 4 members (excludes halogenated alkanes) is 1. The van der Waals surface area contributed by atoms with Crippen LogP contribution in [0.5, 0.6) is 11.5 Å². The SMILES string of the molecule is CCC/C=C\C=C/CCc1cc(O)cc(O)c1. The molecule has 0 amide bonds. The van der Waals surface area contributed by atoms with Crippen LogP contribution in [0, 0.1) is 0 Å². The second kappa shape index (κ2) is 7.55. The summed E-state index contributed by atoms with van der Waals surface area (Å²) in [6, 6.07) is 4.70. The molecular formula is C15H20O2. The number of allylic oxidation sites excluding steroid dienone is 4. The molecule has 1 aromatic rings. The third kappa shape index (κ3) is 5.81. The highest BCUT2D eigenvalue weighted by atomic mass is 16.3. The van der Waals surface area contributed by atoms with E-state index in [4.69, 9.17) is 0 Å². The number of benzene rings is 1. The van der Waals surface area contributed by atoms with Crippen molar-refractivity contribution in [2.24, 2.45) is 0 Å². The van der Waals surface area contributed by atoms with Gasteiger partial charge >= 0.3 is 0 Å². The molecule has 0 fully saturated rings. The van der Waals surface area contributed by atoms with Crippen LogP contribution >= 0.6 is 0 Å². The minimum atomic E-state index is 0.117. The van der Waals surface area contributed by atoms with E-state index in [0.717, 1.165) is 24.8 Å². The minimum Gasteiger partial charge on any atom is -0.508 e. The summed E-state index contributed by atoms with van der Waals surface area (Å²) in [6.07, 6.45) is 12.3. The maximum atomic E-state index is 9.30. The number of hydrogen-bond donors (Lipinski definition) is 2. The second-order valence-corrected chi connectivity index (χ2v) is 4.04. The molecule has 0 heterocycles. The zero-order valence-corrected chi connectivity index (χ0v) is 10.3. The number of hydrogen-bond acceptors (Lipinski definition) is 2. The summed E-state index contributed by atoms with van der Waals surface area (Å²) in [5, 5.41) is 18.6. The van der Waals surface area contributed by atoms with E-state index in [1.165, 1.54) is 12.5 Å². The van der Waals surface area contributed by atoms with Crippen molar-refractivity contribution in [2.75, 3.05) is 0 Å². The van der Waals surface area contributed by atoms with Crippen LogP contribution in [0.1, 0.15) is 31.7 Å². The molecule has 2 nitrogen and oxygen atoms in total. The Hall–Kier alpha value is -1.70. The molecule has 2 heteroatoms. The first-order chi connectivity index (χ1) is 8.22. The van der Waals surface area contributed by atoms with Gasteiger partial charge < -0.3 is 10.2 Å². The molecule has 0 aliphatic heterocycles. The predicted octanol–water partition coefficient (Wildman–Crippen LogP) is 3.94. The normalized spacial score (nSPS) is 11.6. The third-order valence-corrected chi connectivity index (χ3v) is 2.40. The van der Waals surface area contributed by atoms with Gasteiger partial charge in [-0.3, -0.25) is 0 Å². The summed E-state index contributed by atoms with van der Waals surface area (Å²) < 4.78 is 0. The molecule has 0 radical (unpaired) electrons. The quantitative estimate of drug-likeness (QED) is 0.729. The molecule has 0 saturated heterocycles. The Labute approximate surface area is 103 Å². The van der Waals surface area contributed by atoms with Crippen LogP contribution in [0.2, 0.25) is 0 Å². The predicted molar refractivity (Wildman–Crippen MR) is 71.3 cm³/mol. The van der Waals surface area contributed by atoms with Gasteiger partial charge in [0.25, 0.3) is 0 Å². The standard InChI is InChI=1S/C15H20O2/c1-2-3-4-5-6-7-8-9-13-10-14(16)12-15(17)11-13/h4-7,10-12,16-17H,2-3,8-9H2,1H3/b5-4-,7-6-. The van der Waals surface area contributed by atoms with E-state index in [-0.39, 0.29) is 11.5 Å². The molecule has 0 aromatic heterocycles. The lowest BCUT2D eigenvalue weighted by atomic mass is 10.1. The first-order valence-corrected chi connectivity index (χ1v) is 6.06. The van der Waals surface area contributed by atoms with Crippen molar-refractivity contribution in [1.82, 2.24) is 0 Å². The van der Waals surface area contributed by atoms with Gasteiger partial charge in [0.1, 0.15) is 11.5 Å². The van der Waals surface area contributed by atoms with Crippen molar-refractivity contribution < 1.29 is 10.2 Å². The zero-order chi connectivity index (χ0) is 12.5. The summed E-state index contributed by atoms with van der Waals surface area (Å²) >= 11 is 0. The Kier molecular flexibility index (Phi) is 5.94. The maximum Gasteiger partial charge on any atom is 0.119 e. The van der Waals surface area contributed by atoms with Crippen molar-refractivity contribution in [1.29, 1.82) is 0 Å². The van der Waals surface area contributed by atoms with E-state index in [1.54, 1.807) is 12.1 Å². The Bertz CT molecular complexity index is 372. The van der Waals surface area contributed by atoms with Crippen LogP contribution in [0.25, 0.3) is 0 Å². The van der Waals surface area contributed by atoms with Crippen LogP contribution in [0.15, 0.2) is 42.5 Å². The van der Waals surface area contributed by atoms with Gasteiger partial charge in [-0.25, -0.2) is 0 Å². The van der Waals surface area contributed by atoms with Crippen molar-refractivity contribution in [3.05, 3.63) is 48.1 Å². The maximum absolute atomic E-state index is 9.30. The molecule has 0 aliphatic rings. The number of aromatic hydroxyl groups is 2. The molecule has 1 aromatic carbocycles. The average Bonchev–Trinajstić information content (AvgIpc) is 2.26. The van der Waals surface area contributed by atoms with Crippen LogP contribution in [-0.4, -0.2) is 10.2 Å². The molecule has 0 saturated carbocycles. The molecule has 0 bridgehead atoms. The molecule has 1 rings (SSSR count). The van der Waals surface area contributed by atoms with Gasteiger partial charge in [-0.2, -0.15) is 0 Å². The second-order valence-electron chi connectivity index (χ2n) is 4.04. The number of rotatable bonds is 6. The van der Waals surface area contributed by atoms with Crippen molar-refractivity contribution in [3.8, 4) is 11.5 Å². The lowest BCUT2D eigenvalue weighted by molar-refractivity contribution is 0.449. The van der Waals surface area contributed by atoms with Crippen LogP contribution < -0.4 is 0 Å². The Morgan fingerprint density at radius 3 is 2.12 bits per heavy atom. The topological polar surface area (TPSA) is 40.5 Å². The van der Waals surface area contributed by atoms with E-state index >= 15 is 0 Å². The molecule has 0 aliphatic carbocycles. The molecule has 0 spiro atoms. The minimum absolute atomic E-state index is 0.117. The van der Waals surface area contributed by atoms with Crippen LogP contribution in [0.3, 0.4) is 0 Å². The van der Waals surface area contributed by atoms with E-state index in [9.17, 15) is 10.2 Å². The van der Waals surface area contributed by atoms with Crippen LogP contribution in [-0.2, 0) is 6.42 Å². The van der Waals surface area contributed by atoms with Gasteiger partial charge in [-0.1, -0.05) is 37.6 Å². The van der Waals surface area contributed by atoms with Gasteiger partial charge in [0, 0.05) is 6.07 Å². The molecular weight excluding hydrogens is 212 g/mol. The fourth-order valence-corrected chi connectivity index (χ4v) is 1.57. The molecule has 17 heavy (non-hydrogen) atoms. The highest BCUT2D eigenvalue weighted by Gasteiger charge is 1.97. The Morgan fingerprint density at radius 1 is 0.941 bits per heavy atom. The number of aryl methyl sites for hydroxylation is 1. The lowest BCUT2D eigenvalue weighted by Gasteiger charge is -2.01. The first-order valence-electron chi connectivity index (χ1n) is 6.06. The van der Waals surface area contributed by atoms with E-state index in [2.05, 4.69) is 25.2 Å². The van der Waals surface area contributed by atoms with E-state index < -0.39 is 0 Å². The third-order valence-electron chi connectivity index (χ3n) is 2.40. The molecule has 92 valence electrons. The molecule has 2 N–H and O–H groups in total. The molecule has 0 unspecified atom stereocenters. The van der Waals surface area contributed by atoms with Crippen molar-refractivity contribution in [3.63, 3.8) is 0 Å². The van der Waals surface area contributed by atoms with Gasteiger partial charge in [0.2, 0.25) is 0 Å². The Balaban J connectivity index is 2.35. The van der Waals surface area contributed by atoms with Crippen molar-refractivity contribution >= 4 is 0 Å². The highest BCUT2D eigenvalue weighted by molar-refractivity contribution is 5.36. The largest absolute Gasteiger partial charge is 0.508 e. The summed E-state index contributed by atoms with van der Waals surface area (Å²) in [6.45, 7) is 2.16. The smallest absolute Gasteiger partial charge is 0.119 e. The summed E-state index contributed by atoms with van der Waals surface area (Å²) in [7, 11) is 0. The zero-order valence-electron chi connectivity index (χ0n) is 10.3. The van der Waals surface area contributed by atoms with Gasteiger partial charge in [0.05, 0.1) is 0 Å². The summed E-state index contributed by atoms with van der Waals surface area (Å²) in [4.78, 5) is 0. The van der Waals surface area contributed by atoms with E-state index in [1.807, 2.05) is 6.08 Å². The van der Waals surface area contributed by atoms with Crippen molar-refractivity contribution in [2.45, 2.75) is 32.6 Å². The lowest BCUT2D eigenvalue weighted by Crippen LogP contribution is -1.82. The van der Waals surface area contributed by atoms with Gasteiger partial charge in [-0.05, 0) is 37.0 Å². The summed E-state index contributed by atoms with van der Waals surface area (Å²) in [5.41, 5.74) is 0.949. The summed E-state index contributed by atoms with van der Waals surface area (Å²) in [5.74, 6) is 0.235. The first kappa shape index (κ1) is 13.4. The Morgan fingerprint density at radius 2 is 1.53 bits per heavy atom.